The number of likely N-dealkylation sites (N-methyl/N-ethyl adjacent to an activating group) is 1. The SMILES string of the molecule is CN(C)C(=O)[C@]1(Cc2ccc(Br)cc2)CCCN1. The van der Waals surface area contributed by atoms with E-state index in [0.29, 0.717) is 0 Å². The maximum absolute atomic E-state index is 12.4. The van der Waals surface area contributed by atoms with E-state index in [-0.39, 0.29) is 5.91 Å². The normalized spacial score (nSPS) is 23.1. The molecule has 1 heterocycles. The molecule has 0 aromatic heterocycles. The van der Waals surface area contributed by atoms with Gasteiger partial charge in [0.1, 0.15) is 5.54 Å². The molecule has 1 fully saturated rings. The van der Waals surface area contributed by atoms with Gasteiger partial charge in [0.25, 0.3) is 0 Å². The van der Waals surface area contributed by atoms with Gasteiger partial charge >= 0.3 is 0 Å². The van der Waals surface area contributed by atoms with Crippen molar-refractivity contribution in [1.82, 2.24) is 10.2 Å². The van der Waals surface area contributed by atoms with Gasteiger partial charge in [-0.25, -0.2) is 0 Å². The van der Waals surface area contributed by atoms with Crippen LogP contribution in [0.4, 0.5) is 0 Å². The second-order valence-electron chi connectivity index (χ2n) is 5.12. The van der Waals surface area contributed by atoms with Crippen molar-refractivity contribution in [3.63, 3.8) is 0 Å². The minimum absolute atomic E-state index is 0.183. The number of halogens is 1. The quantitative estimate of drug-likeness (QED) is 0.928. The van der Waals surface area contributed by atoms with Gasteiger partial charge in [-0.2, -0.15) is 0 Å². The Morgan fingerprint density at radius 3 is 2.56 bits per heavy atom. The Hall–Kier alpha value is -0.870. The van der Waals surface area contributed by atoms with Gasteiger partial charge in [-0.05, 0) is 43.5 Å². The Kier molecular flexibility index (Phi) is 4.07. The van der Waals surface area contributed by atoms with Crippen LogP contribution >= 0.6 is 15.9 Å². The first-order chi connectivity index (χ1) is 8.53. The van der Waals surface area contributed by atoms with Crippen molar-refractivity contribution < 1.29 is 4.79 Å². The van der Waals surface area contributed by atoms with Crippen molar-refractivity contribution in [2.45, 2.75) is 24.8 Å². The fourth-order valence-electron chi connectivity index (χ4n) is 2.59. The summed E-state index contributed by atoms with van der Waals surface area (Å²) in [5.74, 6) is 0.183. The van der Waals surface area contributed by atoms with E-state index in [1.54, 1.807) is 4.90 Å². The van der Waals surface area contributed by atoms with Gasteiger partial charge in [0.05, 0.1) is 0 Å². The summed E-state index contributed by atoms with van der Waals surface area (Å²) in [4.78, 5) is 14.1. The van der Waals surface area contributed by atoms with E-state index in [1.807, 2.05) is 26.2 Å². The average molecular weight is 311 g/mol. The fraction of sp³-hybridized carbons (Fsp3) is 0.500. The van der Waals surface area contributed by atoms with Crippen LogP contribution in [0.5, 0.6) is 0 Å². The summed E-state index contributed by atoms with van der Waals surface area (Å²) >= 11 is 3.43. The molecular weight excluding hydrogens is 292 g/mol. The Morgan fingerprint density at radius 1 is 1.39 bits per heavy atom. The molecule has 2 rings (SSSR count). The van der Waals surface area contributed by atoms with Crippen LogP contribution < -0.4 is 5.32 Å². The number of benzene rings is 1. The third-order valence-electron chi connectivity index (χ3n) is 3.48. The molecule has 3 nitrogen and oxygen atoms in total. The molecule has 0 bridgehead atoms. The van der Waals surface area contributed by atoms with E-state index in [1.165, 1.54) is 5.56 Å². The molecule has 0 radical (unpaired) electrons. The standard InChI is InChI=1S/C14H19BrN2O/c1-17(2)13(18)14(8-3-9-16-14)10-11-4-6-12(15)7-5-11/h4-7,16H,3,8-10H2,1-2H3/t14-/m1/s1. The van der Waals surface area contributed by atoms with Crippen LogP contribution in [0.15, 0.2) is 28.7 Å². The summed E-state index contributed by atoms with van der Waals surface area (Å²) in [6, 6.07) is 8.21. The Morgan fingerprint density at radius 2 is 2.06 bits per heavy atom. The summed E-state index contributed by atoms with van der Waals surface area (Å²) in [5.41, 5.74) is 0.792. The van der Waals surface area contributed by atoms with Crippen LogP contribution in [0.1, 0.15) is 18.4 Å². The molecule has 1 N–H and O–H groups in total. The highest BCUT2D eigenvalue weighted by molar-refractivity contribution is 9.10. The molecular formula is C14H19BrN2O. The molecule has 0 saturated carbocycles. The zero-order valence-corrected chi connectivity index (χ0v) is 12.5. The number of nitrogens with one attached hydrogen (secondary N) is 1. The van der Waals surface area contributed by atoms with Gasteiger partial charge < -0.3 is 10.2 Å². The molecule has 0 aliphatic carbocycles. The van der Waals surface area contributed by atoms with Crippen molar-refractivity contribution >= 4 is 21.8 Å². The smallest absolute Gasteiger partial charge is 0.242 e. The zero-order valence-electron chi connectivity index (χ0n) is 10.9. The highest BCUT2D eigenvalue weighted by Gasteiger charge is 2.41. The lowest BCUT2D eigenvalue weighted by Crippen LogP contribution is -2.54. The molecule has 98 valence electrons. The number of hydrogen-bond donors (Lipinski definition) is 1. The minimum atomic E-state index is -0.405. The molecule has 1 aromatic rings. The van der Waals surface area contributed by atoms with Crippen molar-refractivity contribution in [3.05, 3.63) is 34.3 Å². The van der Waals surface area contributed by atoms with Crippen LogP contribution in [-0.2, 0) is 11.2 Å². The number of amides is 1. The first-order valence-electron chi connectivity index (χ1n) is 6.25. The van der Waals surface area contributed by atoms with Crippen LogP contribution in [0, 0.1) is 0 Å². The number of nitrogens with zero attached hydrogens (tertiary/aromatic N) is 1. The van der Waals surface area contributed by atoms with Crippen LogP contribution in [0.2, 0.25) is 0 Å². The first kappa shape index (κ1) is 13.6. The molecule has 4 heteroatoms. The largest absolute Gasteiger partial charge is 0.347 e. The van der Waals surface area contributed by atoms with Crippen molar-refractivity contribution in [2.24, 2.45) is 0 Å². The molecule has 1 aromatic carbocycles. The molecule has 1 aliphatic heterocycles. The Labute approximate surface area is 117 Å². The summed E-state index contributed by atoms with van der Waals surface area (Å²) in [7, 11) is 3.65. The number of carbonyl (C=O) groups is 1. The van der Waals surface area contributed by atoms with Crippen molar-refractivity contribution in [2.75, 3.05) is 20.6 Å². The van der Waals surface area contributed by atoms with Gasteiger partial charge in [-0.15, -0.1) is 0 Å². The highest BCUT2D eigenvalue weighted by Crippen LogP contribution is 2.26. The van der Waals surface area contributed by atoms with E-state index in [4.69, 9.17) is 0 Å². The van der Waals surface area contributed by atoms with Crippen molar-refractivity contribution in [3.8, 4) is 0 Å². The molecule has 1 atom stereocenters. The van der Waals surface area contributed by atoms with Gasteiger partial charge in [0.15, 0.2) is 0 Å². The van der Waals surface area contributed by atoms with Crippen LogP contribution in [-0.4, -0.2) is 37.0 Å². The maximum atomic E-state index is 12.4. The predicted molar refractivity (Wildman–Crippen MR) is 76.5 cm³/mol. The van der Waals surface area contributed by atoms with Gasteiger partial charge in [0, 0.05) is 18.6 Å². The Bertz CT molecular complexity index is 422. The first-order valence-corrected chi connectivity index (χ1v) is 7.04. The third kappa shape index (κ3) is 2.75. The Balaban J connectivity index is 2.21. The predicted octanol–water partition coefficient (Wildman–Crippen LogP) is 2.20. The summed E-state index contributed by atoms with van der Waals surface area (Å²) in [6.07, 6.45) is 2.74. The van der Waals surface area contributed by atoms with Gasteiger partial charge in [0.2, 0.25) is 5.91 Å². The number of hydrogen-bond acceptors (Lipinski definition) is 2. The van der Waals surface area contributed by atoms with Gasteiger partial charge in [-0.3, -0.25) is 4.79 Å². The molecule has 1 amide bonds. The van der Waals surface area contributed by atoms with E-state index >= 15 is 0 Å². The molecule has 0 spiro atoms. The zero-order chi connectivity index (χ0) is 13.2. The lowest BCUT2D eigenvalue weighted by atomic mass is 9.88. The van der Waals surface area contributed by atoms with Crippen LogP contribution in [0.25, 0.3) is 0 Å². The lowest BCUT2D eigenvalue weighted by Gasteiger charge is -2.31. The highest BCUT2D eigenvalue weighted by atomic mass is 79.9. The maximum Gasteiger partial charge on any atom is 0.242 e. The van der Waals surface area contributed by atoms with Crippen molar-refractivity contribution in [1.29, 1.82) is 0 Å². The van der Waals surface area contributed by atoms with Crippen LogP contribution in [0.3, 0.4) is 0 Å². The number of carbonyl (C=O) groups excluding carboxylic acids is 1. The lowest BCUT2D eigenvalue weighted by molar-refractivity contribution is -0.135. The molecule has 1 aliphatic rings. The molecule has 0 unspecified atom stereocenters. The van der Waals surface area contributed by atoms with E-state index in [0.717, 1.165) is 30.3 Å². The fourth-order valence-corrected chi connectivity index (χ4v) is 2.86. The van der Waals surface area contributed by atoms with E-state index in [9.17, 15) is 4.79 Å². The summed E-state index contributed by atoms with van der Waals surface area (Å²) in [6.45, 7) is 0.927. The van der Waals surface area contributed by atoms with E-state index < -0.39 is 5.54 Å². The second-order valence-corrected chi connectivity index (χ2v) is 6.03. The third-order valence-corrected chi connectivity index (χ3v) is 4.01. The second kappa shape index (κ2) is 5.41. The monoisotopic (exact) mass is 310 g/mol. The topological polar surface area (TPSA) is 32.3 Å². The average Bonchev–Trinajstić information content (AvgIpc) is 2.81. The summed E-state index contributed by atoms with van der Waals surface area (Å²) in [5, 5.41) is 3.41. The van der Waals surface area contributed by atoms with E-state index in [2.05, 4.69) is 33.4 Å². The number of rotatable bonds is 3. The molecule has 1 saturated heterocycles. The minimum Gasteiger partial charge on any atom is -0.347 e. The summed E-state index contributed by atoms with van der Waals surface area (Å²) < 4.78 is 1.07. The molecule has 18 heavy (non-hydrogen) atoms. The van der Waals surface area contributed by atoms with Gasteiger partial charge in [-0.1, -0.05) is 28.1 Å².